The number of benzene rings is 1. The van der Waals surface area contributed by atoms with Gasteiger partial charge in [-0.3, -0.25) is 0 Å². The van der Waals surface area contributed by atoms with Crippen molar-refractivity contribution >= 4 is 11.8 Å². The molecule has 0 aliphatic heterocycles. The first kappa shape index (κ1) is 14.9. The summed E-state index contributed by atoms with van der Waals surface area (Å²) in [7, 11) is 0. The summed E-state index contributed by atoms with van der Waals surface area (Å²) in [5, 5.41) is 4.77. The molecule has 0 saturated heterocycles. The summed E-state index contributed by atoms with van der Waals surface area (Å²) in [6, 6.07) is 12.3. The van der Waals surface area contributed by atoms with Crippen LogP contribution in [0.5, 0.6) is 0 Å². The van der Waals surface area contributed by atoms with Gasteiger partial charge in [0.05, 0.1) is 0 Å². The second-order valence-electron chi connectivity index (χ2n) is 5.49. The van der Waals surface area contributed by atoms with Crippen molar-refractivity contribution in [2.75, 3.05) is 5.75 Å². The van der Waals surface area contributed by atoms with Gasteiger partial charge in [0, 0.05) is 17.3 Å². The summed E-state index contributed by atoms with van der Waals surface area (Å²) in [6.45, 7) is 4.58. The Kier molecular flexibility index (Phi) is 6.25. The lowest BCUT2D eigenvalue weighted by Gasteiger charge is -2.26. The molecule has 1 nitrogen and oxygen atoms in total. The maximum absolute atomic E-state index is 3.93. The van der Waals surface area contributed by atoms with Crippen LogP contribution in [-0.4, -0.2) is 23.1 Å². The molecule has 2 heteroatoms. The van der Waals surface area contributed by atoms with Crippen LogP contribution in [0.25, 0.3) is 0 Å². The van der Waals surface area contributed by atoms with Crippen LogP contribution in [0.3, 0.4) is 0 Å². The summed E-state index contributed by atoms with van der Waals surface area (Å²) < 4.78 is 0. The van der Waals surface area contributed by atoms with E-state index in [1.54, 1.807) is 0 Å². The summed E-state index contributed by atoms with van der Waals surface area (Å²) in [4.78, 5) is 0. The van der Waals surface area contributed by atoms with Gasteiger partial charge in [0.2, 0.25) is 0 Å². The minimum atomic E-state index is 0.630. The molecular weight excluding hydrogens is 250 g/mol. The summed E-state index contributed by atoms with van der Waals surface area (Å²) in [6.07, 6.45) is 6.55. The van der Waals surface area contributed by atoms with Crippen LogP contribution < -0.4 is 5.32 Å². The van der Waals surface area contributed by atoms with Crippen molar-refractivity contribution in [2.24, 2.45) is 0 Å². The third-order valence-corrected chi connectivity index (χ3v) is 5.43. The third kappa shape index (κ3) is 4.54. The standard InChI is InChI=1S/C17H27NS/c1-3-15(13-14-9-6-5-7-10-14)18-16-11-8-12-17(16)19-4-2/h5-7,9-10,15-18H,3-4,8,11-13H2,1-2H3. The van der Waals surface area contributed by atoms with Crippen LogP contribution in [-0.2, 0) is 6.42 Å². The van der Waals surface area contributed by atoms with Gasteiger partial charge in [0.25, 0.3) is 0 Å². The lowest BCUT2D eigenvalue weighted by molar-refractivity contribution is 0.422. The molecule has 0 spiro atoms. The number of nitrogens with one attached hydrogen (secondary N) is 1. The van der Waals surface area contributed by atoms with Crippen molar-refractivity contribution in [3.8, 4) is 0 Å². The van der Waals surface area contributed by atoms with E-state index < -0.39 is 0 Å². The Morgan fingerprint density at radius 2 is 2.00 bits per heavy atom. The van der Waals surface area contributed by atoms with Crippen molar-refractivity contribution in [3.05, 3.63) is 35.9 Å². The molecular formula is C17H27NS. The summed E-state index contributed by atoms with van der Waals surface area (Å²) >= 11 is 2.14. The van der Waals surface area contributed by atoms with Gasteiger partial charge in [-0.05, 0) is 37.0 Å². The molecule has 1 aromatic rings. The van der Waals surface area contributed by atoms with E-state index >= 15 is 0 Å². The lowest BCUT2D eigenvalue weighted by Crippen LogP contribution is -2.42. The highest BCUT2D eigenvalue weighted by Crippen LogP contribution is 2.30. The molecule has 1 aliphatic rings. The Hall–Kier alpha value is -0.470. The van der Waals surface area contributed by atoms with Gasteiger partial charge in [-0.25, -0.2) is 0 Å². The Labute approximate surface area is 122 Å². The quantitative estimate of drug-likeness (QED) is 0.798. The normalized spacial score (nSPS) is 24.5. The first-order chi connectivity index (χ1) is 9.33. The Bertz CT molecular complexity index is 352. The second-order valence-corrected chi connectivity index (χ2v) is 7.01. The first-order valence-corrected chi connectivity index (χ1v) is 8.80. The minimum absolute atomic E-state index is 0.630. The van der Waals surface area contributed by atoms with Crippen LogP contribution >= 0.6 is 11.8 Å². The number of hydrogen-bond donors (Lipinski definition) is 1. The van der Waals surface area contributed by atoms with Crippen LogP contribution in [0, 0.1) is 0 Å². The third-order valence-electron chi connectivity index (χ3n) is 4.10. The maximum Gasteiger partial charge on any atom is 0.0201 e. The number of rotatable bonds is 7. The van der Waals surface area contributed by atoms with E-state index in [1.807, 2.05) is 0 Å². The van der Waals surface area contributed by atoms with Crippen LogP contribution in [0.2, 0.25) is 0 Å². The van der Waals surface area contributed by atoms with Crippen molar-refractivity contribution in [1.29, 1.82) is 0 Å². The fraction of sp³-hybridized carbons (Fsp3) is 0.647. The van der Waals surface area contributed by atoms with Crippen LogP contribution in [0.1, 0.15) is 45.1 Å². The predicted molar refractivity (Wildman–Crippen MR) is 86.9 cm³/mol. The second kappa shape index (κ2) is 7.96. The van der Waals surface area contributed by atoms with E-state index in [0.29, 0.717) is 6.04 Å². The van der Waals surface area contributed by atoms with Gasteiger partial charge >= 0.3 is 0 Å². The first-order valence-electron chi connectivity index (χ1n) is 7.75. The molecule has 19 heavy (non-hydrogen) atoms. The van der Waals surface area contributed by atoms with Crippen molar-refractivity contribution in [3.63, 3.8) is 0 Å². The molecule has 0 heterocycles. The molecule has 1 fully saturated rings. The average Bonchev–Trinajstić information content (AvgIpc) is 2.87. The molecule has 2 rings (SSSR count). The largest absolute Gasteiger partial charge is 0.310 e. The SMILES string of the molecule is CCSC1CCCC1NC(CC)Cc1ccccc1. The van der Waals surface area contributed by atoms with Gasteiger partial charge in [-0.1, -0.05) is 50.6 Å². The molecule has 106 valence electrons. The van der Waals surface area contributed by atoms with Gasteiger partial charge in [-0.15, -0.1) is 0 Å². The lowest BCUT2D eigenvalue weighted by atomic mass is 10.0. The molecule has 0 amide bonds. The molecule has 0 radical (unpaired) electrons. The monoisotopic (exact) mass is 277 g/mol. The summed E-state index contributed by atoms with van der Waals surface area (Å²) in [5.41, 5.74) is 1.46. The average molecular weight is 277 g/mol. The van der Waals surface area contributed by atoms with Gasteiger partial charge in [0.1, 0.15) is 0 Å². The van der Waals surface area contributed by atoms with Gasteiger partial charge in [-0.2, -0.15) is 11.8 Å². The molecule has 0 aromatic heterocycles. The zero-order valence-corrected chi connectivity index (χ0v) is 13.1. The van der Waals surface area contributed by atoms with Crippen molar-refractivity contribution in [2.45, 2.75) is 63.3 Å². The highest BCUT2D eigenvalue weighted by atomic mass is 32.2. The molecule has 3 atom stereocenters. The zero-order valence-electron chi connectivity index (χ0n) is 12.3. The molecule has 1 saturated carbocycles. The Morgan fingerprint density at radius 3 is 2.68 bits per heavy atom. The molecule has 1 N–H and O–H groups in total. The van der Waals surface area contributed by atoms with Crippen LogP contribution in [0.4, 0.5) is 0 Å². The van der Waals surface area contributed by atoms with Crippen molar-refractivity contribution < 1.29 is 0 Å². The van der Waals surface area contributed by atoms with E-state index in [2.05, 4.69) is 61.3 Å². The minimum Gasteiger partial charge on any atom is -0.310 e. The fourth-order valence-corrected chi connectivity index (χ4v) is 4.26. The van der Waals surface area contributed by atoms with E-state index in [-0.39, 0.29) is 0 Å². The smallest absolute Gasteiger partial charge is 0.0201 e. The zero-order chi connectivity index (χ0) is 13.5. The van der Waals surface area contributed by atoms with E-state index in [9.17, 15) is 0 Å². The fourth-order valence-electron chi connectivity index (χ4n) is 3.05. The maximum atomic E-state index is 3.93. The number of thioether (sulfide) groups is 1. The van der Waals surface area contributed by atoms with Gasteiger partial charge in [0.15, 0.2) is 0 Å². The predicted octanol–water partition coefficient (Wildman–Crippen LogP) is 4.27. The summed E-state index contributed by atoms with van der Waals surface area (Å²) in [5.74, 6) is 1.25. The molecule has 1 aromatic carbocycles. The van der Waals surface area contributed by atoms with Gasteiger partial charge < -0.3 is 5.32 Å². The Morgan fingerprint density at radius 1 is 1.21 bits per heavy atom. The van der Waals surface area contributed by atoms with E-state index in [1.165, 1.54) is 37.0 Å². The Balaban J connectivity index is 1.88. The molecule has 1 aliphatic carbocycles. The highest BCUT2D eigenvalue weighted by molar-refractivity contribution is 7.99. The van der Waals surface area contributed by atoms with E-state index in [0.717, 1.165) is 17.7 Å². The topological polar surface area (TPSA) is 12.0 Å². The highest BCUT2D eigenvalue weighted by Gasteiger charge is 2.28. The van der Waals surface area contributed by atoms with Crippen molar-refractivity contribution in [1.82, 2.24) is 5.32 Å². The van der Waals surface area contributed by atoms with Crippen LogP contribution in [0.15, 0.2) is 30.3 Å². The molecule has 0 bridgehead atoms. The number of hydrogen-bond acceptors (Lipinski definition) is 2. The van der Waals surface area contributed by atoms with E-state index in [4.69, 9.17) is 0 Å². The molecule has 3 unspecified atom stereocenters.